The summed E-state index contributed by atoms with van der Waals surface area (Å²) in [6.45, 7) is 4.50. The topological polar surface area (TPSA) is 78.5 Å². The lowest BCUT2D eigenvalue weighted by molar-refractivity contribution is -0.114. The molecule has 1 amide bonds. The van der Waals surface area contributed by atoms with E-state index in [4.69, 9.17) is 0 Å². The summed E-state index contributed by atoms with van der Waals surface area (Å²) < 4.78 is 28.2. The number of rotatable bonds is 7. The Morgan fingerprint density at radius 1 is 1.07 bits per heavy atom. The highest BCUT2D eigenvalue weighted by molar-refractivity contribution is 7.92. The highest BCUT2D eigenvalue weighted by atomic mass is 32.2. The Bertz CT molecular complexity index is 1060. The first kappa shape index (κ1) is 21.1. The van der Waals surface area contributed by atoms with E-state index < -0.39 is 10.0 Å². The van der Waals surface area contributed by atoms with Crippen LogP contribution in [-0.4, -0.2) is 39.9 Å². The van der Waals surface area contributed by atoms with Crippen LogP contribution in [0.25, 0.3) is 5.57 Å². The van der Waals surface area contributed by atoms with Gasteiger partial charge in [-0.3, -0.25) is 9.52 Å². The summed E-state index contributed by atoms with van der Waals surface area (Å²) in [5, 5.41) is 2.63. The maximum absolute atomic E-state index is 12.8. The van der Waals surface area contributed by atoms with Crippen LogP contribution in [0.15, 0.2) is 52.9 Å². The molecule has 3 rings (SSSR count). The number of carbonyl (C=O) groups excluding carboxylic acids is 1. The van der Waals surface area contributed by atoms with E-state index in [-0.39, 0.29) is 10.8 Å². The molecule has 2 aromatic carbocycles. The zero-order valence-electron chi connectivity index (χ0n) is 17.2. The second-order valence-corrected chi connectivity index (χ2v) is 9.35. The van der Waals surface area contributed by atoms with E-state index in [2.05, 4.69) is 21.9 Å². The molecule has 0 aromatic heterocycles. The van der Waals surface area contributed by atoms with Crippen molar-refractivity contribution in [1.82, 2.24) is 4.90 Å². The van der Waals surface area contributed by atoms with Crippen molar-refractivity contribution in [2.24, 2.45) is 0 Å². The number of benzene rings is 2. The number of nitrogens with one attached hydrogen (secondary N) is 2. The second kappa shape index (κ2) is 8.39. The molecule has 0 atom stereocenters. The number of allylic oxidation sites excluding steroid dienone is 1. The fourth-order valence-corrected chi connectivity index (χ4v) is 4.57. The molecule has 6 nitrogen and oxygen atoms in total. The first-order chi connectivity index (χ1) is 13.7. The lowest BCUT2D eigenvalue weighted by Crippen LogP contribution is -2.14. The lowest BCUT2D eigenvalue weighted by Gasteiger charge is -2.14. The Kier molecular flexibility index (Phi) is 6.10. The number of fused-ring (bicyclic) bond motifs is 1. The third-order valence-electron chi connectivity index (χ3n) is 4.95. The van der Waals surface area contributed by atoms with Crippen LogP contribution >= 0.6 is 0 Å². The van der Waals surface area contributed by atoms with Crippen molar-refractivity contribution in [3.8, 4) is 0 Å². The largest absolute Gasteiger partial charge is 0.326 e. The molecule has 0 saturated carbocycles. The summed E-state index contributed by atoms with van der Waals surface area (Å²) in [7, 11) is 0.379. The third-order valence-corrected chi connectivity index (χ3v) is 6.35. The van der Waals surface area contributed by atoms with Crippen molar-refractivity contribution in [1.29, 1.82) is 0 Å². The molecular weight excluding hydrogens is 386 g/mol. The molecule has 2 N–H and O–H groups in total. The van der Waals surface area contributed by atoms with Crippen molar-refractivity contribution in [3.05, 3.63) is 59.2 Å². The van der Waals surface area contributed by atoms with Gasteiger partial charge in [-0.15, -0.1) is 0 Å². The molecule has 0 bridgehead atoms. The van der Waals surface area contributed by atoms with Gasteiger partial charge in [-0.2, -0.15) is 0 Å². The Morgan fingerprint density at radius 3 is 2.34 bits per heavy atom. The maximum atomic E-state index is 12.8. The zero-order chi connectivity index (χ0) is 21.2. The smallest absolute Gasteiger partial charge is 0.261 e. The highest BCUT2D eigenvalue weighted by Crippen LogP contribution is 2.36. The third kappa shape index (κ3) is 5.05. The quantitative estimate of drug-likeness (QED) is 0.725. The van der Waals surface area contributed by atoms with E-state index in [0.29, 0.717) is 11.4 Å². The van der Waals surface area contributed by atoms with Gasteiger partial charge in [0.1, 0.15) is 0 Å². The van der Waals surface area contributed by atoms with E-state index in [1.54, 1.807) is 12.1 Å². The van der Waals surface area contributed by atoms with Crippen molar-refractivity contribution < 1.29 is 13.2 Å². The fraction of sp³-hybridized carbons (Fsp3) is 0.318. The predicted octanol–water partition coefficient (Wildman–Crippen LogP) is 3.73. The number of hydrogen-bond acceptors (Lipinski definition) is 4. The number of anilines is 2. The van der Waals surface area contributed by atoms with Crippen LogP contribution in [0.2, 0.25) is 0 Å². The molecule has 1 aliphatic carbocycles. The van der Waals surface area contributed by atoms with Crippen molar-refractivity contribution in [2.75, 3.05) is 30.7 Å². The molecule has 0 aliphatic heterocycles. The SMILES string of the molecule is CC(=O)Nc1ccc(S(=O)(=O)Nc2ccc3c(c2)C(CCN(C)C)=C(C)C3)cc1. The predicted molar refractivity (Wildman–Crippen MR) is 117 cm³/mol. The first-order valence-corrected chi connectivity index (χ1v) is 11.0. The van der Waals surface area contributed by atoms with Crippen LogP contribution < -0.4 is 10.0 Å². The summed E-state index contributed by atoms with van der Waals surface area (Å²) in [5.41, 5.74) is 6.11. The Labute approximate surface area is 172 Å². The number of nitrogens with zero attached hydrogens (tertiary/aromatic N) is 1. The Morgan fingerprint density at radius 2 is 1.72 bits per heavy atom. The lowest BCUT2D eigenvalue weighted by atomic mass is 10.0. The summed E-state index contributed by atoms with van der Waals surface area (Å²) >= 11 is 0. The summed E-state index contributed by atoms with van der Waals surface area (Å²) in [6.07, 6.45) is 1.85. The molecule has 29 heavy (non-hydrogen) atoms. The monoisotopic (exact) mass is 413 g/mol. The number of hydrogen-bond donors (Lipinski definition) is 2. The molecule has 0 radical (unpaired) electrons. The maximum Gasteiger partial charge on any atom is 0.261 e. The highest BCUT2D eigenvalue weighted by Gasteiger charge is 2.21. The van der Waals surface area contributed by atoms with Gasteiger partial charge in [0, 0.05) is 24.8 Å². The second-order valence-electron chi connectivity index (χ2n) is 7.67. The van der Waals surface area contributed by atoms with Gasteiger partial charge in [0.15, 0.2) is 0 Å². The van der Waals surface area contributed by atoms with Gasteiger partial charge in [0.25, 0.3) is 10.0 Å². The van der Waals surface area contributed by atoms with Gasteiger partial charge in [-0.25, -0.2) is 8.42 Å². The van der Waals surface area contributed by atoms with Crippen LogP contribution in [-0.2, 0) is 21.2 Å². The van der Waals surface area contributed by atoms with E-state index in [1.807, 2.05) is 32.3 Å². The molecule has 2 aromatic rings. The average molecular weight is 414 g/mol. The molecular formula is C22H27N3O3S. The average Bonchev–Trinajstić information content (AvgIpc) is 2.94. The van der Waals surface area contributed by atoms with Crippen LogP contribution in [0.4, 0.5) is 11.4 Å². The molecule has 154 valence electrons. The standard InChI is InChI=1S/C22H27N3O3S/c1-15-13-17-5-6-19(14-22(17)21(15)11-12-25(3)4)24-29(27,28)20-9-7-18(8-10-20)23-16(2)26/h5-10,14,24H,11-13H2,1-4H3,(H,23,26). The summed E-state index contributed by atoms with van der Waals surface area (Å²) in [5.74, 6) is -0.203. The molecule has 0 fully saturated rings. The van der Waals surface area contributed by atoms with Gasteiger partial charge in [0.05, 0.1) is 4.90 Å². The normalized spacial score (nSPS) is 13.6. The van der Waals surface area contributed by atoms with Crippen molar-refractivity contribution in [3.63, 3.8) is 0 Å². The van der Waals surface area contributed by atoms with E-state index in [0.717, 1.165) is 24.9 Å². The van der Waals surface area contributed by atoms with Crippen LogP contribution in [0.1, 0.15) is 31.4 Å². The number of sulfonamides is 1. The molecule has 1 aliphatic rings. The van der Waals surface area contributed by atoms with E-state index in [9.17, 15) is 13.2 Å². The molecule has 0 heterocycles. The molecule has 7 heteroatoms. The fourth-order valence-electron chi connectivity index (χ4n) is 3.52. The van der Waals surface area contributed by atoms with E-state index in [1.165, 1.54) is 35.8 Å². The minimum Gasteiger partial charge on any atom is -0.326 e. The van der Waals surface area contributed by atoms with Crippen molar-refractivity contribution in [2.45, 2.75) is 31.6 Å². The number of carbonyl (C=O) groups is 1. The van der Waals surface area contributed by atoms with Gasteiger partial charge < -0.3 is 10.2 Å². The first-order valence-electron chi connectivity index (χ1n) is 9.53. The Hall–Kier alpha value is -2.64. The zero-order valence-corrected chi connectivity index (χ0v) is 18.1. The number of amides is 1. The van der Waals surface area contributed by atoms with Crippen LogP contribution in [0, 0.1) is 0 Å². The molecule has 0 spiro atoms. The minimum atomic E-state index is -3.72. The van der Waals surface area contributed by atoms with Gasteiger partial charge in [-0.1, -0.05) is 11.6 Å². The van der Waals surface area contributed by atoms with Crippen molar-refractivity contribution >= 4 is 32.9 Å². The van der Waals surface area contributed by atoms with Gasteiger partial charge in [-0.05, 0) is 87.0 Å². The van der Waals surface area contributed by atoms with Gasteiger partial charge >= 0.3 is 0 Å². The Balaban J connectivity index is 1.81. The molecule has 0 saturated heterocycles. The van der Waals surface area contributed by atoms with Gasteiger partial charge in [0.2, 0.25) is 5.91 Å². The minimum absolute atomic E-state index is 0.145. The summed E-state index contributed by atoms with van der Waals surface area (Å²) in [4.78, 5) is 13.4. The molecule has 0 unspecified atom stereocenters. The van der Waals surface area contributed by atoms with Crippen LogP contribution in [0.3, 0.4) is 0 Å². The van der Waals surface area contributed by atoms with E-state index >= 15 is 0 Å². The van der Waals surface area contributed by atoms with Crippen LogP contribution in [0.5, 0.6) is 0 Å². The summed E-state index contributed by atoms with van der Waals surface area (Å²) in [6, 6.07) is 11.8.